The third kappa shape index (κ3) is 4.19. The Kier molecular flexibility index (Phi) is 4.69. The van der Waals surface area contributed by atoms with Crippen molar-refractivity contribution in [2.24, 2.45) is 0 Å². The molecule has 2 amide bonds. The molecule has 0 aliphatic carbocycles. The number of benzene rings is 2. The van der Waals surface area contributed by atoms with E-state index in [1.807, 2.05) is 5.32 Å². The third-order valence-corrected chi connectivity index (χ3v) is 2.83. The zero-order valence-corrected chi connectivity index (χ0v) is 11.7. The van der Waals surface area contributed by atoms with E-state index in [4.69, 9.17) is 5.26 Å². The molecule has 24 heavy (non-hydrogen) atoms. The average molecular weight is 341 g/mol. The van der Waals surface area contributed by atoms with Gasteiger partial charge in [-0.3, -0.25) is 0 Å². The van der Waals surface area contributed by atoms with E-state index in [1.54, 1.807) is 6.07 Å². The molecule has 0 unspecified atom stereocenters. The van der Waals surface area contributed by atoms with Crippen LogP contribution in [0.3, 0.4) is 0 Å². The topological polar surface area (TPSA) is 64.9 Å². The van der Waals surface area contributed by atoms with E-state index < -0.39 is 35.1 Å². The molecule has 0 saturated heterocycles. The van der Waals surface area contributed by atoms with Crippen LogP contribution in [0.25, 0.3) is 0 Å². The summed E-state index contributed by atoms with van der Waals surface area (Å²) in [6, 6.07) is 5.31. The van der Waals surface area contributed by atoms with E-state index >= 15 is 0 Å². The summed E-state index contributed by atoms with van der Waals surface area (Å²) < 4.78 is 64.1. The maximum atomic E-state index is 13.6. The Bertz CT molecular complexity index is 827. The average Bonchev–Trinajstić information content (AvgIpc) is 2.47. The lowest BCUT2D eigenvalue weighted by molar-refractivity contribution is -0.137. The van der Waals surface area contributed by atoms with Crippen LogP contribution in [-0.2, 0) is 6.18 Å². The van der Waals surface area contributed by atoms with E-state index in [1.165, 1.54) is 6.07 Å². The number of alkyl halides is 3. The molecule has 0 saturated carbocycles. The molecule has 0 aromatic heterocycles. The fourth-order valence-corrected chi connectivity index (χ4v) is 1.80. The van der Waals surface area contributed by atoms with Gasteiger partial charge in [0.25, 0.3) is 0 Å². The molecule has 2 aromatic rings. The summed E-state index contributed by atoms with van der Waals surface area (Å²) in [6.45, 7) is 0. The highest BCUT2D eigenvalue weighted by molar-refractivity contribution is 5.99. The monoisotopic (exact) mass is 341 g/mol. The van der Waals surface area contributed by atoms with Crippen molar-refractivity contribution in [3.05, 3.63) is 59.2 Å². The number of nitrogens with one attached hydrogen (secondary N) is 2. The first-order valence-corrected chi connectivity index (χ1v) is 6.34. The Balaban J connectivity index is 2.13. The molecule has 0 spiro atoms. The SMILES string of the molecule is N#Cc1cc(F)cc(NC(=O)Nc2ccc(C(F)(F)F)cc2F)c1. The fraction of sp³-hybridized carbons (Fsp3) is 0.0667. The molecule has 0 fully saturated rings. The van der Waals surface area contributed by atoms with Crippen LogP contribution >= 0.6 is 0 Å². The third-order valence-electron chi connectivity index (χ3n) is 2.83. The second-order valence-electron chi connectivity index (χ2n) is 4.61. The first-order valence-electron chi connectivity index (χ1n) is 6.34. The van der Waals surface area contributed by atoms with Crippen molar-refractivity contribution in [3.8, 4) is 6.07 Å². The van der Waals surface area contributed by atoms with Gasteiger partial charge in [-0.2, -0.15) is 18.4 Å². The molecule has 0 bridgehead atoms. The second-order valence-corrected chi connectivity index (χ2v) is 4.61. The number of anilines is 2. The lowest BCUT2D eigenvalue weighted by atomic mass is 10.2. The van der Waals surface area contributed by atoms with Crippen molar-refractivity contribution in [1.29, 1.82) is 5.26 Å². The molecule has 124 valence electrons. The minimum atomic E-state index is -4.71. The Labute approximate surface area is 132 Å². The van der Waals surface area contributed by atoms with Gasteiger partial charge in [0.15, 0.2) is 0 Å². The van der Waals surface area contributed by atoms with Gasteiger partial charge in [0, 0.05) is 5.69 Å². The lowest BCUT2D eigenvalue weighted by Crippen LogP contribution is -2.20. The number of carbonyl (C=O) groups excluding carboxylic acids is 1. The summed E-state index contributed by atoms with van der Waals surface area (Å²) in [5, 5.41) is 12.8. The number of halogens is 5. The highest BCUT2D eigenvalue weighted by Crippen LogP contribution is 2.31. The summed E-state index contributed by atoms with van der Waals surface area (Å²) >= 11 is 0. The Morgan fingerprint density at radius 1 is 1.04 bits per heavy atom. The van der Waals surface area contributed by atoms with Gasteiger partial charge in [0.1, 0.15) is 11.6 Å². The second kappa shape index (κ2) is 6.54. The van der Waals surface area contributed by atoms with Crippen LogP contribution in [0.15, 0.2) is 36.4 Å². The zero-order valence-electron chi connectivity index (χ0n) is 11.7. The van der Waals surface area contributed by atoms with Crippen LogP contribution in [0, 0.1) is 23.0 Å². The number of nitriles is 1. The number of nitrogens with zero attached hydrogens (tertiary/aromatic N) is 1. The first-order chi connectivity index (χ1) is 11.2. The maximum Gasteiger partial charge on any atom is 0.416 e. The molecule has 9 heteroatoms. The molecule has 0 aliphatic heterocycles. The number of hydrogen-bond donors (Lipinski definition) is 2. The molecule has 0 radical (unpaired) electrons. The predicted octanol–water partition coefficient (Wildman–Crippen LogP) is 4.50. The van der Waals surface area contributed by atoms with E-state index in [0.717, 1.165) is 18.2 Å². The summed E-state index contributed by atoms with van der Waals surface area (Å²) in [6.07, 6.45) is -4.71. The van der Waals surface area contributed by atoms with Crippen molar-refractivity contribution in [2.75, 3.05) is 10.6 Å². The highest BCUT2D eigenvalue weighted by Gasteiger charge is 2.31. The molecular weight excluding hydrogens is 333 g/mol. The molecular formula is C15H8F5N3O. The maximum absolute atomic E-state index is 13.6. The van der Waals surface area contributed by atoms with Crippen molar-refractivity contribution in [1.82, 2.24) is 0 Å². The lowest BCUT2D eigenvalue weighted by Gasteiger charge is -2.11. The normalized spacial score (nSPS) is 10.8. The van der Waals surface area contributed by atoms with Crippen molar-refractivity contribution in [3.63, 3.8) is 0 Å². The minimum absolute atomic E-state index is 0.0500. The number of rotatable bonds is 2. The van der Waals surface area contributed by atoms with E-state index in [-0.39, 0.29) is 17.3 Å². The number of amides is 2. The molecule has 2 rings (SSSR count). The summed E-state index contributed by atoms with van der Waals surface area (Å²) in [4.78, 5) is 11.7. The molecule has 2 N–H and O–H groups in total. The van der Waals surface area contributed by atoms with Crippen molar-refractivity contribution < 1.29 is 26.7 Å². The van der Waals surface area contributed by atoms with Crippen molar-refractivity contribution in [2.45, 2.75) is 6.18 Å². The zero-order chi connectivity index (χ0) is 17.9. The van der Waals surface area contributed by atoms with Crippen LogP contribution in [0.1, 0.15) is 11.1 Å². The quantitative estimate of drug-likeness (QED) is 0.790. The van der Waals surface area contributed by atoms with Gasteiger partial charge in [0.05, 0.1) is 22.9 Å². The van der Waals surface area contributed by atoms with Gasteiger partial charge < -0.3 is 10.6 Å². The highest BCUT2D eigenvalue weighted by atomic mass is 19.4. The van der Waals surface area contributed by atoms with Gasteiger partial charge in [-0.15, -0.1) is 0 Å². The Hall–Kier alpha value is -3.15. The first kappa shape index (κ1) is 17.2. The van der Waals surface area contributed by atoms with E-state index in [0.29, 0.717) is 6.07 Å². The molecule has 4 nitrogen and oxygen atoms in total. The Morgan fingerprint density at radius 2 is 1.75 bits per heavy atom. The van der Waals surface area contributed by atoms with Crippen LogP contribution in [0.4, 0.5) is 38.1 Å². The molecule has 0 atom stereocenters. The fourth-order valence-electron chi connectivity index (χ4n) is 1.80. The van der Waals surface area contributed by atoms with Crippen LogP contribution < -0.4 is 10.6 Å². The number of urea groups is 1. The van der Waals surface area contributed by atoms with Crippen LogP contribution in [-0.4, -0.2) is 6.03 Å². The van der Waals surface area contributed by atoms with Gasteiger partial charge in [-0.25, -0.2) is 13.6 Å². The molecule has 0 heterocycles. The summed E-state index contributed by atoms with van der Waals surface area (Å²) in [7, 11) is 0. The van der Waals surface area contributed by atoms with Gasteiger partial charge >= 0.3 is 12.2 Å². The Morgan fingerprint density at radius 3 is 2.33 bits per heavy atom. The van der Waals surface area contributed by atoms with Crippen LogP contribution in [0.2, 0.25) is 0 Å². The predicted molar refractivity (Wildman–Crippen MR) is 75.2 cm³/mol. The number of carbonyl (C=O) groups is 1. The largest absolute Gasteiger partial charge is 0.416 e. The van der Waals surface area contributed by atoms with Gasteiger partial charge in [-0.05, 0) is 36.4 Å². The number of hydrogen-bond acceptors (Lipinski definition) is 2. The van der Waals surface area contributed by atoms with E-state index in [2.05, 4.69) is 5.32 Å². The molecule has 2 aromatic carbocycles. The van der Waals surface area contributed by atoms with Crippen LogP contribution in [0.5, 0.6) is 0 Å². The van der Waals surface area contributed by atoms with E-state index in [9.17, 15) is 26.7 Å². The standard InChI is InChI=1S/C15H8F5N3O/c16-10-3-8(7-21)4-11(6-10)22-14(24)23-13-2-1-9(5-12(13)17)15(18,19)20/h1-6H,(H2,22,23,24). The summed E-state index contributed by atoms with van der Waals surface area (Å²) in [5.74, 6) is -2.05. The van der Waals surface area contributed by atoms with Crippen molar-refractivity contribution >= 4 is 17.4 Å². The van der Waals surface area contributed by atoms with Gasteiger partial charge in [0.2, 0.25) is 0 Å². The minimum Gasteiger partial charge on any atom is -0.308 e. The van der Waals surface area contributed by atoms with Gasteiger partial charge in [-0.1, -0.05) is 0 Å². The molecule has 0 aliphatic rings. The smallest absolute Gasteiger partial charge is 0.308 e. The summed E-state index contributed by atoms with van der Waals surface area (Å²) in [5.41, 5.74) is -1.81.